The van der Waals surface area contributed by atoms with E-state index in [0.29, 0.717) is 16.6 Å². The van der Waals surface area contributed by atoms with E-state index in [4.69, 9.17) is 5.73 Å². The Morgan fingerprint density at radius 3 is 2.74 bits per heavy atom. The second-order valence-corrected chi connectivity index (χ2v) is 5.13. The topological polar surface area (TPSA) is 56.7 Å². The Labute approximate surface area is 119 Å². The minimum atomic E-state index is -0.342. The monoisotopic (exact) mass is 326 g/mol. The van der Waals surface area contributed by atoms with Crippen LogP contribution in [0.2, 0.25) is 0 Å². The highest BCUT2D eigenvalue weighted by Crippen LogP contribution is 2.27. The first kappa shape index (κ1) is 14.1. The van der Waals surface area contributed by atoms with Crippen LogP contribution in [0.15, 0.2) is 22.7 Å². The van der Waals surface area contributed by atoms with Crippen LogP contribution < -0.4 is 5.73 Å². The summed E-state index contributed by atoms with van der Waals surface area (Å²) in [5.74, 6) is -0.342. The standard InChI is InChI=1S/C13H16BrFN4/c1-3-10(16)12-11(4-2)19(18-17-12)13-8(14)6-5-7-9(13)15/h5-7,10H,3-4,16H2,1-2H3. The first-order chi connectivity index (χ1) is 9.10. The van der Waals surface area contributed by atoms with Gasteiger partial charge in [0.2, 0.25) is 0 Å². The molecule has 2 rings (SSSR count). The number of aromatic nitrogens is 3. The molecule has 6 heteroatoms. The number of rotatable bonds is 4. The molecule has 2 N–H and O–H groups in total. The van der Waals surface area contributed by atoms with Gasteiger partial charge in [0.05, 0.1) is 11.7 Å². The molecule has 0 aliphatic heterocycles. The molecular formula is C13H16BrFN4. The normalized spacial score (nSPS) is 12.7. The second-order valence-electron chi connectivity index (χ2n) is 4.27. The van der Waals surface area contributed by atoms with E-state index in [1.54, 1.807) is 12.1 Å². The minimum Gasteiger partial charge on any atom is -0.323 e. The lowest BCUT2D eigenvalue weighted by Gasteiger charge is -2.11. The number of benzene rings is 1. The van der Waals surface area contributed by atoms with Crippen molar-refractivity contribution in [3.8, 4) is 5.69 Å². The summed E-state index contributed by atoms with van der Waals surface area (Å²) in [6, 6.07) is 4.65. The van der Waals surface area contributed by atoms with Crippen LogP contribution in [0, 0.1) is 5.82 Å². The maximum atomic E-state index is 14.0. The summed E-state index contributed by atoms with van der Waals surface area (Å²) in [6.45, 7) is 3.97. The van der Waals surface area contributed by atoms with Crippen molar-refractivity contribution in [2.24, 2.45) is 5.73 Å². The Morgan fingerprint density at radius 1 is 1.42 bits per heavy atom. The predicted octanol–water partition coefficient (Wildman–Crippen LogP) is 3.14. The quantitative estimate of drug-likeness (QED) is 0.938. The molecule has 0 saturated carbocycles. The molecule has 0 radical (unpaired) electrons. The van der Waals surface area contributed by atoms with Crippen molar-refractivity contribution in [3.63, 3.8) is 0 Å². The summed E-state index contributed by atoms with van der Waals surface area (Å²) in [6.07, 6.45) is 1.46. The second kappa shape index (κ2) is 5.79. The summed E-state index contributed by atoms with van der Waals surface area (Å²) >= 11 is 3.35. The maximum Gasteiger partial charge on any atom is 0.150 e. The number of hydrogen-bond acceptors (Lipinski definition) is 3. The minimum absolute atomic E-state index is 0.172. The van der Waals surface area contributed by atoms with Crippen molar-refractivity contribution in [2.75, 3.05) is 0 Å². The van der Waals surface area contributed by atoms with Crippen molar-refractivity contribution in [3.05, 3.63) is 39.9 Å². The van der Waals surface area contributed by atoms with E-state index in [0.717, 1.165) is 17.8 Å². The summed E-state index contributed by atoms with van der Waals surface area (Å²) in [4.78, 5) is 0. The zero-order valence-electron chi connectivity index (χ0n) is 10.9. The first-order valence-electron chi connectivity index (χ1n) is 6.24. The first-order valence-corrected chi connectivity index (χ1v) is 7.03. The van der Waals surface area contributed by atoms with Crippen LogP contribution in [-0.4, -0.2) is 15.0 Å². The Morgan fingerprint density at radius 2 is 2.16 bits per heavy atom. The predicted molar refractivity (Wildman–Crippen MR) is 75.6 cm³/mol. The molecule has 0 aliphatic rings. The molecule has 1 aromatic carbocycles. The Bertz CT molecular complexity index is 562. The largest absolute Gasteiger partial charge is 0.323 e. The highest BCUT2D eigenvalue weighted by Gasteiger charge is 2.20. The van der Waals surface area contributed by atoms with Crippen molar-refractivity contribution in [1.29, 1.82) is 0 Å². The molecule has 1 atom stereocenters. The van der Waals surface area contributed by atoms with Crippen molar-refractivity contribution < 1.29 is 4.39 Å². The molecule has 0 aliphatic carbocycles. The molecule has 1 aromatic heterocycles. The van der Waals surface area contributed by atoms with Crippen LogP contribution in [0.25, 0.3) is 5.69 Å². The van der Waals surface area contributed by atoms with Crippen LogP contribution in [0.4, 0.5) is 4.39 Å². The van der Waals surface area contributed by atoms with Gasteiger partial charge in [-0.2, -0.15) is 0 Å². The molecule has 19 heavy (non-hydrogen) atoms. The Kier molecular flexibility index (Phi) is 4.31. The lowest BCUT2D eigenvalue weighted by atomic mass is 10.1. The van der Waals surface area contributed by atoms with Gasteiger partial charge >= 0.3 is 0 Å². The van der Waals surface area contributed by atoms with Crippen molar-refractivity contribution in [1.82, 2.24) is 15.0 Å². The lowest BCUT2D eigenvalue weighted by Crippen LogP contribution is -2.13. The van der Waals surface area contributed by atoms with Gasteiger partial charge in [0.25, 0.3) is 0 Å². The van der Waals surface area contributed by atoms with E-state index < -0.39 is 0 Å². The van der Waals surface area contributed by atoms with Crippen molar-refractivity contribution >= 4 is 15.9 Å². The van der Waals surface area contributed by atoms with Gasteiger partial charge in [0.15, 0.2) is 0 Å². The van der Waals surface area contributed by atoms with Crippen LogP contribution in [0.3, 0.4) is 0 Å². The van der Waals surface area contributed by atoms with Crippen LogP contribution in [0.1, 0.15) is 37.7 Å². The summed E-state index contributed by atoms with van der Waals surface area (Å²) in [5, 5.41) is 8.18. The zero-order chi connectivity index (χ0) is 14.0. The zero-order valence-corrected chi connectivity index (χ0v) is 12.5. The average Bonchev–Trinajstić information content (AvgIpc) is 2.81. The highest BCUT2D eigenvalue weighted by molar-refractivity contribution is 9.10. The lowest BCUT2D eigenvalue weighted by molar-refractivity contribution is 0.601. The summed E-state index contributed by atoms with van der Waals surface area (Å²) < 4.78 is 16.2. The molecule has 2 aromatic rings. The van der Waals surface area contributed by atoms with Crippen LogP contribution >= 0.6 is 15.9 Å². The smallest absolute Gasteiger partial charge is 0.150 e. The molecular weight excluding hydrogens is 311 g/mol. The molecule has 102 valence electrons. The van der Waals surface area contributed by atoms with Gasteiger partial charge in [0.1, 0.15) is 17.2 Å². The molecule has 0 bridgehead atoms. The third-order valence-electron chi connectivity index (χ3n) is 3.07. The van der Waals surface area contributed by atoms with Gasteiger partial charge in [-0.3, -0.25) is 0 Å². The van der Waals surface area contributed by atoms with E-state index in [2.05, 4.69) is 26.2 Å². The van der Waals surface area contributed by atoms with Gasteiger partial charge in [-0.05, 0) is 40.9 Å². The van der Waals surface area contributed by atoms with E-state index in [-0.39, 0.29) is 11.9 Å². The summed E-state index contributed by atoms with van der Waals surface area (Å²) in [7, 11) is 0. The number of halogens is 2. The molecule has 1 unspecified atom stereocenters. The van der Waals surface area contributed by atoms with Gasteiger partial charge in [0, 0.05) is 4.47 Å². The summed E-state index contributed by atoms with van der Waals surface area (Å²) in [5.41, 5.74) is 7.98. The number of nitrogens with zero attached hydrogens (tertiary/aromatic N) is 3. The maximum absolute atomic E-state index is 14.0. The number of hydrogen-bond donors (Lipinski definition) is 1. The fourth-order valence-electron chi connectivity index (χ4n) is 2.00. The average molecular weight is 327 g/mol. The van der Waals surface area contributed by atoms with E-state index >= 15 is 0 Å². The number of nitrogens with two attached hydrogens (primary N) is 1. The van der Waals surface area contributed by atoms with Gasteiger partial charge < -0.3 is 5.73 Å². The van der Waals surface area contributed by atoms with E-state index in [1.165, 1.54) is 10.7 Å². The highest BCUT2D eigenvalue weighted by atomic mass is 79.9. The fraction of sp³-hybridized carbons (Fsp3) is 0.385. The van der Waals surface area contributed by atoms with Gasteiger partial charge in [-0.15, -0.1) is 5.10 Å². The fourth-order valence-corrected chi connectivity index (χ4v) is 2.51. The SMILES string of the molecule is CCc1c(C(N)CC)nnn1-c1c(F)cccc1Br. The molecule has 4 nitrogen and oxygen atoms in total. The molecule has 0 fully saturated rings. The molecule has 1 heterocycles. The number of para-hydroxylation sites is 1. The van der Waals surface area contributed by atoms with E-state index in [9.17, 15) is 4.39 Å². The van der Waals surface area contributed by atoms with Crippen LogP contribution in [-0.2, 0) is 6.42 Å². The Balaban J connectivity index is 2.60. The van der Waals surface area contributed by atoms with Crippen LogP contribution in [0.5, 0.6) is 0 Å². The molecule has 0 amide bonds. The van der Waals surface area contributed by atoms with E-state index in [1.807, 2.05) is 13.8 Å². The van der Waals surface area contributed by atoms with Gasteiger partial charge in [-0.1, -0.05) is 25.1 Å². The Hall–Kier alpha value is -1.27. The van der Waals surface area contributed by atoms with Gasteiger partial charge in [-0.25, -0.2) is 9.07 Å². The van der Waals surface area contributed by atoms with Crippen molar-refractivity contribution in [2.45, 2.75) is 32.7 Å². The third kappa shape index (κ3) is 2.55. The molecule has 0 saturated heterocycles. The molecule has 0 spiro atoms. The third-order valence-corrected chi connectivity index (χ3v) is 3.71.